The first-order chi connectivity index (χ1) is 14.6. The van der Waals surface area contributed by atoms with Gasteiger partial charge >= 0.3 is 6.18 Å². The van der Waals surface area contributed by atoms with Crippen LogP contribution in [-0.2, 0) is 6.18 Å². The van der Waals surface area contributed by atoms with E-state index in [2.05, 4.69) is 10.3 Å². The minimum Gasteiger partial charge on any atom is -0.393 e. The number of hydrogen-bond donors (Lipinski definition) is 3. The number of aromatic nitrogens is 1. The second-order valence-corrected chi connectivity index (χ2v) is 7.34. The molecule has 0 unspecified atom stereocenters. The summed E-state index contributed by atoms with van der Waals surface area (Å²) in [6.07, 6.45) is -4.29. The van der Waals surface area contributed by atoms with E-state index >= 15 is 0 Å². The second kappa shape index (κ2) is 9.23. The predicted octanol–water partition coefficient (Wildman–Crippen LogP) is 5.35. The molecular weight excluding hydrogens is 456 g/mol. The van der Waals surface area contributed by atoms with Crippen molar-refractivity contribution in [2.75, 3.05) is 11.9 Å². The summed E-state index contributed by atoms with van der Waals surface area (Å²) in [5, 5.41) is 20.9. The summed E-state index contributed by atoms with van der Waals surface area (Å²) in [5.41, 5.74) is 0.764. The highest BCUT2D eigenvalue weighted by molar-refractivity contribution is 6.33. The minimum atomic E-state index is -4.58. The lowest BCUT2D eigenvalue weighted by Crippen LogP contribution is -2.12. The molecule has 10 heteroatoms. The van der Waals surface area contributed by atoms with Gasteiger partial charge in [0.2, 0.25) is 0 Å². The third-order valence-electron chi connectivity index (χ3n) is 4.37. The molecule has 162 valence electrons. The van der Waals surface area contributed by atoms with E-state index in [4.69, 9.17) is 28.3 Å². The zero-order chi connectivity index (χ0) is 22.8. The van der Waals surface area contributed by atoms with Gasteiger partial charge in [0, 0.05) is 28.6 Å². The van der Waals surface area contributed by atoms with Gasteiger partial charge in [-0.05, 0) is 36.4 Å². The number of aliphatic hydroxyl groups is 2. The molecule has 0 saturated carbocycles. The van der Waals surface area contributed by atoms with E-state index in [0.29, 0.717) is 16.8 Å². The molecule has 0 saturated heterocycles. The van der Waals surface area contributed by atoms with Gasteiger partial charge in [-0.3, -0.25) is 9.78 Å². The Balaban J connectivity index is 1.76. The summed E-state index contributed by atoms with van der Waals surface area (Å²) in [5.74, 6) is -0.539. The highest BCUT2D eigenvalue weighted by Gasteiger charge is 2.33. The van der Waals surface area contributed by atoms with Crippen molar-refractivity contribution in [2.45, 2.75) is 12.3 Å². The molecule has 0 aliphatic rings. The average molecular weight is 471 g/mol. The number of halogens is 5. The maximum absolute atomic E-state index is 12.8. The van der Waals surface area contributed by atoms with E-state index in [1.807, 2.05) is 0 Å². The van der Waals surface area contributed by atoms with E-state index in [1.165, 1.54) is 24.4 Å². The summed E-state index contributed by atoms with van der Waals surface area (Å²) in [6.45, 7) is -0.467. The molecule has 0 radical (unpaired) electrons. The number of alkyl halides is 3. The Morgan fingerprint density at radius 1 is 1.06 bits per heavy atom. The summed E-state index contributed by atoms with van der Waals surface area (Å²) in [7, 11) is 0. The van der Waals surface area contributed by atoms with Crippen LogP contribution >= 0.6 is 23.2 Å². The lowest BCUT2D eigenvalue weighted by atomic mass is 10.1. The summed E-state index contributed by atoms with van der Waals surface area (Å²) >= 11 is 11.9. The number of amides is 1. The zero-order valence-electron chi connectivity index (χ0n) is 15.6. The van der Waals surface area contributed by atoms with Crippen LogP contribution in [0.2, 0.25) is 10.0 Å². The SMILES string of the molecule is O=C(Nc1ccc(C(F)(F)F)c(Cl)c1)c1ccc(-c2ncc([C@H](O)CO)cc2Cl)cc1. The van der Waals surface area contributed by atoms with E-state index in [-0.39, 0.29) is 16.3 Å². The summed E-state index contributed by atoms with van der Waals surface area (Å²) in [4.78, 5) is 16.6. The van der Waals surface area contributed by atoms with E-state index in [9.17, 15) is 23.1 Å². The van der Waals surface area contributed by atoms with Crippen molar-refractivity contribution in [1.82, 2.24) is 4.98 Å². The highest BCUT2D eigenvalue weighted by atomic mass is 35.5. The van der Waals surface area contributed by atoms with Crippen LogP contribution in [0.3, 0.4) is 0 Å². The van der Waals surface area contributed by atoms with Crippen LogP contribution in [0.1, 0.15) is 27.6 Å². The van der Waals surface area contributed by atoms with Gasteiger partial charge in [-0.15, -0.1) is 0 Å². The van der Waals surface area contributed by atoms with Crippen molar-refractivity contribution in [3.8, 4) is 11.3 Å². The zero-order valence-corrected chi connectivity index (χ0v) is 17.1. The van der Waals surface area contributed by atoms with Crippen molar-refractivity contribution in [3.05, 3.63) is 81.5 Å². The molecule has 5 nitrogen and oxygen atoms in total. The van der Waals surface area contributed by atoms with Gasteiger partial charge in [0.1, 0.15) is 6.10 Å². The fraction of sp³-hybridized carbons (Fsp3) is 0.143. The number of anilines is 1. The van der Waals surface area contributed by atoms with E-state index in [0.717, 1.165) is 18.2 Å². The van der Waals surface area contributed by atoms with Crippen LogP contribution in [0.4, 0.5) is 18.9 Å². The molecule has 1 atom stereocenters. The number of nitrogens with zero attached hydrogens (tertiary/aromatic N) is 1. The van der Waals surface area contributed by atoms with Gasteiger partial charge in [-0.1, -0.05) is 35.3 Å². The largest absolute Gasteiger partial charge is 0.417 e. The first-order valence-corrected chi connectivity index (χ1v) is 9.58. The van der Waals surface area contributed by atoms with Gasteiger partial charge in [0.15, 0.2) is 0 Å². The van der Waals surface area contributed by atoms with Crippen molar-refractivity contribution >= 4 is 34.8 Å². The Kier molecular flexibility index (Phi) is 6.86. The Morgan fingerprint density at radius 2 is 1.74 bits per heavy atom. The van der Waals surface area contributed by atoms with E-state index < -0.39 is 35.4 Å². The number of carbonyl (C=O) groups is 1. The number of benzene rings is 2. The Labute approximate surface area is 185 Å². The second-order valence-electron chi connectivity index (χ2n) is 6.52. The predicted molar refractivity (Wildman–Crippen MR) is 111 cm³/mol. The van der Waals surface area contributed by atoms with Crippen LogP contribution in [0.15, 0.2) is 54.7 Å². The van der Waals surface area contributed by atoms with Crippen molar-refractivity contribution < 1.29 is 28.2 Å². The standard InChI is InChI=1S/C21H15Cl2F3N2O3/c22-16-8-14(5-6-15(16)21(24,25)26)28-20(31)12-3-1-11(2-4-12)19-17(23)7-13(9-27-19)18(30)10-29/h1-9,18,29-30H,10H2,(H,28,31)/t18-/m1/s1. The number of rotatable bonds is 5. The molecule has 1 aromatic heterocycles. The first-order valence-electron chi connectivity index (χ1n) is 8.83. The number of pyridine rings is 1. The van der Waals surface area contributed by atoms with Crippen LogP contribution in [0, 0.1) is 0 Å². The maximum atomic E-state index is 12.8. The summed E-state index contributed by atoms with van der Waals surface area (Å²) in [6, 6.07) is 10.6. The van der Waals surface area contributed by atoms with Crippen LogP contribution in [0.25, 0.3) is 11.3 Å². The topological polar surface area (TPSA) is 82.5 Å². The third kappa shape index (κ3) is 5.34. The van der Waals surface area contributed by atoms with Gasteiger partial charge < -0.3 is 15.5 Å². The molecule has 3 rings (SSSR count). The fourth-order valence-corrected chi connectivity index (χ4v) is 3.33. The normalized spacial score (nSPS) is 12.5. The van der Waals surface area contributed by atoms with Gasteiger partial charge in [0.25, 0.3) is 5.91 Å². The van der Waals surface area contributed by atoms with Crippen molar-refractivity contribution in [3.63, 3.8) is 0 Å². The fourth-order valence-electron chi connectivity index (χ4n) is 2.76. The van der Waals surface area contributed by atoms with Crippen LogP contribution in [0.5, 0.6) is 0 Å². The number of aliphatic hydroxyl groups excluding tert-OH is 2. The number of hydrogen-bond acceptors (Lipinski definition) is 4. The van der Waals surface area contributed by atoms with Crippen molar-refractivity contribution in [2.24, 2.45) is 0 Å². The van der Waals surface area contributed by atoms with Crippen LogP contribution < -0.4 is 5.32 Å². The van der Waals surface area contributed by atoms with Gasteiger partial charge in [-0.25, -0.2) is 0 Å². The molecule has 0 fully saturated rings. The first kappa shape index (κ1) is 23.0. The Hall–Kier alpha value is -2.65. The molecule has 3 N–H and O–H groups in total. The monoisotopic (exact) mass is 470 g/mol. The number of carbonyl (C=O) groups excluding carboxylic acids is 1. The maximum Gasteiger partial charge on any atom is 0.417 e. The van der Waals surface area contributed by atoms with Gasteiger partial charge in [0.05, 0.1) is 27.9 Å². The molecule has 0 bridgehead atoms. The molecular formula is C21H15Cl2F3N2O3. The molecule has 2 aromatic carbocycles. The quantitative estimate of drug-likeness (QED) is 0.469. The molecule has 0 aliphatic carbocycles. The Morgan fingerprint density at radius 3 is 2.29 bits per heavy atom. The molecule has 31 heavy (non-hydrogen) atoms. The average Bonchev–Trinajstić information content (AvgIpc) is 2.72. The van der Waals surface area contributed by atoms with Gasteiger partial charge in [-0.2, -0.15) is 13.2 Å². The lowest BCUT2D eigenvalue weighted by Gasteiger charge is -2.12. The lowest BCUT2D eigenvalue weighted by molar-refractivity contribution is -0.137. The third-order valence-corrected chi connectivity index (χ3v) is 4.97. The molecule has 1 amide bonds. The molecule has 0 aliphatic heterocycles. The minimum absolute atomic E-state index is 0.120. The van der Waals surface area contributed by atoms with E-state index in [1.54, 1.807) is 12.1 Å². The van der Waals surface area contributed by atoms with Crippen LogP contribution in [-0.4, -0.2) is 27.7 Å². The molecule has 3 aromatic rings. The Bertz CT molecular complexity index is 1110. The summed E-state index contributed by atoms with van der Waals surface area (Å²) < 4.78 is 38.4. The number of nitrogens with one attached hydrogen (secondary N) is 1. The smallest absolute Gasteiger partial charge is 0.393 e. The molecule has 0 spiro atoms. The molecule has 1 heterocycles. The van der Waals surface area contributed by atoms with Crippen molar-refractivity contribution in [1.29, 1.82) is 0 Å². The highest BCUT2D eigenvalue weighted by Crippen LogP contribution is 2.36.